The van der Waals surface area contributed by atoms with Crippen molar-refractivity contribution in [1.82, 2.24) is 5.32 Å². The molecule has 5 heteroatoms. The summed E-state index contributed by atoms with van der Waals surface area (Å²) in [5.74, 6) is 1.29. The van der Waals surface area contributed by atoms with Crippen molar-refractivity contribution in [1.29, 1.82) is 0 Å². The highest BCUT2D eigenvalue weighted by Crippen LogP contribution is 2.48. The molecular weight excluding hydrogens is 316 g/mol. The van der Waals surface area contributed by atoms with E-state index in [-0.39, 0.29) is 18.0 Å². The summed E-state index contributed by atoms with van der Waals surface area (Å²) < 4.78 is 4.99. The smallest absolute Gasteiger partial charge is 0.414 e. The van der Waals surface area contributed by atoms with Gasteiger partial charge in [0.05, 0.1) is 12.6 Å². The third kappa shape index (κ3) is 3.70. The van der Waals surface area contributed by atoms with Crippen LogP contribution in [0.25, 0.3) is 0 Å². The molecule has 3 fully saturated rings. The van der Waals surface area contributed by atoms with Crippen LogP contribution in [0.1, 0.15) is 44.2 Å². The molecule has 1 atom stereocenters. The Balaban J connectivity index is 1.43. The molecule has 4 rings (SSSR count). The average molecular weight is 340 g/mol. The molecular formula is C20H24N2O3. The van der Waals surface area contributed by atoms with Crippen LogP contribution in [0.3, 0.4) is 0 Å². The summed E-state index contributed by atoms with van der Waals surface area (Å²) in [6.45, 7) is 2.96. The zero-order valence-electron chi connectivity index (χ0n) is 14.5. The second-order valence-corrected chi connectivity index (χ2v) is 7.28. The number of allylic oxidation sites excluding steroid dienone is 1. The quantitative estimate of drug-likeness (QED) is 0.806. The lowest BCUT2D eigenvalue weighted by atomic mass is 10.0. The Morgan fingerprint density at radius 1 is 1.28 bits per heavy atom. The maximum atomic E-state index is 12.4. The predicted molar refractivity (Wildman–Crippen MR) is 95.2 cm³/mol. The zero-order valence-corrected chi connectivity index (χ0v) is 14.5. The van der Waals surface area contributed by atoms with Crippen LogP contribution in [0.2, 0.25) is 0 Å². The van der Waals surface area contributed by atoms with Crippen molar-refractivity contribution in [3.63, 3.8) is 0 Å². The van der Waals surface area contributed by atoms with E-state index in [0.29, 0.717) is 25.0 Å². The van der Waals surface area contributed by atoms with E-state index >= 15 is 0 Å². The highest BCUT2D eigenvalue weighted by molar-refractivity contribution is 5.90. The first kappa shape index (κ1) is 16.2. The first-order valence-corrected chi connectivity index (χ1v) is 9.18. The Labute approximate surface area is 148 Å². The SMILES string of the molecule is C[C@@H](NC(=O)C=C(C1CC1)C1CC1)c1cccc(N2CCOC2=O)c1. The number of carbonyl (C=O) groups is 2. The molecule has 2 amide bonds. The highest BCUT2D eigenvalue weighted by Gasteiger charge is 2.36. The van der Waals surface area contributed by atoms with Gasteiger partial charge in [0, 0.05) is 11.8 Å². The van der Waals surface area contributed by atoms with Crippen LogP contribution in [0.4, 0.5) is 10.5 Å². The van der Waals surface area contributed by atoms with E-state index in [1.807, 2.05) is 37.3 Å². The molecule has 2 aliphatic carbocycles. The molecule has 1 aromatic carbocycles. The molecule has 132 valence electrons. The van der Waals surface area contributed by atoms with E-state index in [2.05, 4.69) is 5.32 Å². The third-order valence-electron chi connectivity index (χ3n) is 5.20. The minimum absolute atomic E-state index is 0.00714. The molecule has 1 heterocycles. The molecule has 1 N–H and O–H groups in total. The number of benzene rings is 1. The zero-order chi connectivity index (χ0) is 17.4. The Hall–Kier alpha value is -2.30. The molecule has 1 aliphatic heterocycles. The fourth-order valence-corrected chi connectivity index (χ4v) is 3.48. The lowest BCUT2D eigenvalue weighted by molar-refractivity contribution is -0.117. The van der Waals surface area contributed by atoms with Gasteiger partial charge < -0.3 is 10.1 Å². The maximum absolute atomic E-state index is 12.4. The van der Waals surface area contributed by atoms with Gasteiger partial charge in [-0.2, -0.15) is 0 Å². The average Bonchev–Trinajstić information content (AvgIpc) is 3.52. The van der Waals surface area contributed by atoms with Crippen molar-refractivity contribution < 1.29 is 14.3 Å². The Morgan fingerprint density at radius 2 is 2.00 bits per heavy atom. The lowest BCUT2D eigenvalue weighted by Gasteiger charge is -2.18. The standard InChI is InChI=1S/C20H24N2O3/c1-13(21-19(23)12-18(14-5-6-14)15-7-8-15)16-3-2-4-17(11-16)22-9-10-25-20(22)24/h2-4,11-15H,5-10H2,1H3,(H,21,23)/t13-/m1/s1. The van der Waals surface area contributed by atoms with Crippen LogP contribution < -0.4 is 10.2 Å². The third-order valence-corrected chi connectivity index (χ3v) is 5.20. The topological polar surface area (TPSA) is 58.6 Å². The number of hydrogen-bond donors (Lipinski definition) is 1. The van der Waals surface area contributed by atoms with Crippen molar-refractivity contribution in [2.75, 3.05) is 18.1 Å². The minimum Gasteiger partial charge on any atom is -0.447 e. The van der Waals surface area contributed by atoms with E-state index in [1.165, 1.54) is 31.3 Å². The van der Waals surface area contributed by atoms with E-state index < -0.39 is 0 Å². The normalized spacial score (nSPS) is 20.8. The van der Waals surface area contributed by atoms with Gasteiger partial charge in [0.25, 0.3) is 0 Å². The summed E-state index contributed by atoms with van der Waals surface area (Å²) in [7, 11) is 0. The molecule has 0 aromatic heterocycles. The number of cyclic esters (lactones) is 1. The Morgan fingerprint density at radius 3 is 2.60 bits per heavy atom. The molecule has 0 spiro atoms. The van der Waals surface area contributed by atoms with Gasteiger partial charge in [0.2, 0.25) is 5.91 Å². The van der Waals surface area contributed by atoms with Crippen LogP contribution in [0.5, 0.6) is 0 Å². The largest absolute Gasteiger partial charge is 0.447 e. The van der Waals surface area contributed by atoms with Crippen LogP contribution >= 0.6 is 0 Å². The summed E-state index contributed by atoms with van der Waals surface area (Å²) in [6, 6.07) is 7.62. The molecule has 0 bridgehead atoms. The number of nitrogens with one attached hydrogen (secondary N) is 1. The summed E-state index contributed by atoms with van der Waals surface area (Å²) in [4.78, 5) is 25.8. The first-order valence-electron chi connectivity index (χ1n) is 9.18. The first-order chi connectivity index (χ1) is 12.1. The number of ether oxygens (including phenoxy) is 1. The summed E-state index contributed by atoms with van der Waals surface area (Å²) >= 11 is 0. The summed E-state index contributed by atoms with van der Waals surface area (Å²) in [6.07, 6.45) is 6.47. The van der Waals surface area contributed by atoms with Gasteiger partial charge in [0.1, 0.15) is 6.61 Å². The highest BCUT2D eigenvalue weighted by atomic mass is 16.6. The maximum Gasteiger partial charge on any atom is 0.414 e. The number of anilines is 1. The van der Waals surface area contributed by atoms with Gasteiger partial charge in [-0.25, -0.2) is 4.79 Å². The number of hydrogen-bond acceptors (Lipinski definition) is 3. The summed E-state index contributed by atoms with van der Waals surface area (Å²) in [5, 5.41) is 3.07. The van der Waals surface area contributed by atoms with Gasteiger partial charge in [-0.1, -0.05) is 17.7 Å². The number of carbonyl (C=O) groups excluding carboxylic acids is 2. The summed E-state index contributed by atoms with van der Waals surface area (Å²) in [5.41, 5.74) is 3.16. The van der Waals surface area contributed by atoms with Crippen LogP contribution in [0, 0.1) is 11.8 Å². The van der Waals surface area contributed by atoms with Crippen molar-refractivity contribution in [2.45, 2.75) is 38.6 Å². The molecule has 2 saturated carbocycles. The molecule has 0 radical (unpaired) electrons. The second-order valence-electron chi connectivity index (χ2n) is 7.28. The Kier molecular flexibility index (Phi) is 4.24. The number of nitrogens with zero attached hydrogens (tertiary/aromatic N) is 1. The number of amides is 2. The number of rotatable bonds is 6. The van der Waals surface area contributed by atoms with Crippen LogP contribution in [-0.2, 0) is 9.53 Å². The van der Waals surface area contributed by atoms with Crippen molar-refractivity contribution in [3.05, 3.63) is 41.5 Å². The van der Waals surface area contributed by atoms with Crippen LogP contribution in [0.15, 0.2) is 35.9 Å². The minimum atomic E-state index is -0.310. The van der Waals surface area contributed by atoms with E-state index in [4.69, 9.17) is 4.74 Å². The van der Waals surface area contributed by atoms with Gasteiger partial charge in [-0.3, -0.25) is 9.69 Å². The molecule has 0 unspecified atom stereocenters. The van der Waals surface area contributed by atoms with Gasteiger partial charge in [0.15, 0.2) is 0 Å². The van der Waals surface area contributed by atoms with E-state index in [1.54, 1.807) is 4.90 Å². The van der Waals surface area contributed by atoms with Gasteiger partial charge in [-0.05, 0) is 62.1 Å². The van der Waals surface area contributed by atoms with Crippen molar-refractivity contribution in [3.8, 4) is 0 Å². The van der Waals surface area contributed by atoms with E-state index in [0.717, 1.165) is 11.3 Å². The van der Waals surface area contributed by atoms with Gasteiger partial charge >= 0.3 is 6.09 Å². The molecule has 25 heavy (non-hydrogen) atoms. The van der Waals surface area contributed by atoms with Gasteiger partial charge in [-0.15, -0.1) is 0 Å². The fraction of sp³-hybridized carbons (Fsp3) is 0.500. The van der Waals surface area contributed by atoms with Crippen LogP contribution in [-0.4, -0.2) is 25.2 Å². The lowest BCUT2D eigenvalue weighted by Crippen LogP contribution is -2.26. The Bertz CT molecular complexity index is 705. The monoisotopic (exact) mass is 340 g/mol. The van der Waals surface area contributed by atoms with Crippen molar-refractivity contribution >= 4 is 17.7 Å². The second kappa shape index (κ2) is 6.54. The predicted octanol–water partition coefficient (Wildman–Crippen LogP) is 3.57. The fourth-order valence-electron chi connectivity index (χ4n) is 3.48. The molecule has 5 nitrogen and oxygen atoms in total. The molecule has 1 saturated heterocycles. The molecule has 1 aromatic rings. The molecule has 3 aliphatic rings. The van der Waals surface area contributed by atoms with E-state index in [9.17, 15) is 9.59 Å². The van der Waals surface area contributed by atoms with Crippen molar-refractivity contribution in [2.24, 2.45) is 11.8 Å².